The third-order valence-electron chi connectivity index (χ3n) is 5.80. The molecule has 0 spiro atoms. The van der Waals surface area contributed by atoms with Gasteiger partial charge in [0.1, 0.15) is 11.7 Å². The van der Waals surface area contributed by atoms with E-state index >= 15 is 0 Å². The predicted molar refractivity (Wildman–Crippen MR) is 120 cm³/mol. The van der Waals surface area contributed by atoms with E-state index in [1.54, 1.807) is 0 Å². The summed E-state index contributed by atoms with van der Waals surface area (Å²) in [5.74, 6) is -0.157. The van der Waals surface area contributed by atoms with E-state index in [1.165, 1.54) is 25.0 Å². The normalized spacial score (nSPS) is 15.4. The number of unbranched alkanes of at least 4 members (excludes halogenated alkanes) is 1. The van der Waals surface area contributed by atoms with E-state index in [0.717, 1.165) is 44.1 Å². The number of carbonyl (C=O) groups is 2. The predicted octanol–water partition coefficient (Wildman–Crippen LogP) is 3.49. The Bertz CT molecular complexity index is 809. The summed E-state index contributed by atoms with van der Waals surface area (Å²) in [5.41, 5.74) is 4.28. The number of hydrogen-bond donors (Lipinski definition) is 2. The monoisotopic (exact) mass is 423 g/mol. The van der Waals surface area contributed by atoms with Gasteiger partial charge >= 0.3 is 0 Å². The van der Waals surface area contributed by atoms with E-state index in [0.29, 0.717) is 13.1 Å². The first-order chi connectivity index (χ1) is 15.2. The van der Waals surface area contributed by atoms with E-state index in [-0.39, 0.29) is 23.4 Å². The molecule has 3 rings (SSSR count). The minimum absolute atomic E-state index is 0.0358. The molecule has 0 unspecified atom stereocenters. The summed E-state index contributed by atoms with van der Waals surface area (Å²) >= 11 is 0. The summed E-state index contributed by atoms with van der Waals surface area (Å²) in [6, 6.07) is 9.49. The van der Waals surface area contributed by atoms with Gasteiger partial charge in [-0.3, -0.25) is 20.0 Å². The van der Waals surface area contributed by atoms with Crippen LogP contribution in [-0.4, -0.2) is 39.4 Å². The van der Waals surface area contributed by atoms with Gasteiger partial charge in [-0.05, 0) is 30.7 Å². The maximum atomic E-state index is 13.4. The third kappa shape index (κ3) is 6.85. The molecule has 2 N–H and O–H groups in total. The number of benzene rings is 1. The first kappa shape index (κ1) is 22.9. The van der Waals surface area contributed by atoms with Crippen LogP contribution in [0.2, 0.25) is 0 Å². The molecule has 1 saturated carbocycles. The second-order valence-electron chi connectivity index (χ2n) is 8.12. The Morgan fingerprint density at radius 2 is 1.90 bits per heavy atom. The number of rotatable bonds is 10. The molecule has 1 aromatic heterocycles. The molecule has 0 radical (unpaired) electrons. The van der Waals surface area contributed by atoms with Crippen molar-refractivity contribution in [3.8, 4) is 0 Å². The molecule has 31 heavy (non-hydrogen) atoms. The molecule has 0 bridgehead atoms. The highest BCUT2D eigenvalue weighted by Gasteiger charge is 2.35. The Kier molecular flexibility index (Phi) is 8.97. The van der Waals surface area contributed by atoms with Crippen LogP contribution in [0.4, 0.5) is 0 Å². The molecule has 166 valence electrons. The van der Waals surface area contributed by atoms with Crippen molar-refractivity contribution < 1.29 is 9.59 Å². The number of aromatic nitrogens is 2. The Hall–Kier alpha value is -2.80. The van der Waals surface area contributed by atoms with Gasteiger partial charge in [0.05, 0.1) is 6.20 Å². The minimum atomic E-state index is -0.406. The van der Waals surface area contributed by atoms with Gasteiger partial charge < -0.3 is 5.32 Å². The molecule has 1 aromatic carbocycles. The van der Waals surface area contributed by atoms with Crippen molar-refractivity contribution in [1.29, 1.82) is 0 Å². The van der Waals surface area contributed by atoms with Crippen LogP contribution in [-0.2, 0) is 11.3 Å². The second-order valence-corrected chi connectivity index (χ2v) is 8.12. The van der Waals surface area contributed by atoms with Gasteiger partial charge in [-0.1, -0.05) is 62.9 Å². The summed E-state index contributed by atoms with van der Waals surface area (Å²) in [5, 5.41) is 4.95. The number of nitrogens with one attached hydrogen (secondary N) is 2. The first-order valence-electron chi connectivity index (χ1n) is 11.3. The van der Waals surface area contributed by atoms with Crippen molar-refractivity contribution in [1.82, 2.24) is 25.7 Å². The van der Waals surface area contributed by atoms with Crippen LogP contribution in [0.3, 0.4) is 0 Å². The van der Waals surface area contributed by atoms with Crippen LogP contribution in [0.25, 0.3) is 0 Å². The molecular weight excluding hydrogens is 390 g/mol. The zero-order chi connectivity index (χ0) is 21.9. The summed E-state index contributed by atoms with van der Waals surface area (Å²) in [6.07, 6.45) is 11.8. The fraction of sp³-hybridized carbons (Fsp3) is 0.500. The van der Waals surface area contributed by atoms with Crippen LogP contribution in [0, 0.1) is 5.92 Å². The van der Waals surface area contributed by atoms with E-state index in [9.17, 15) is 9.59 Å². The van der Waals surface area contributed by atoms with Gasteiger partial charge in [-0.15, -0.1) is 0 Å². The highest BCUT2D eigenvalue weighted by atomic mass is 16.2. The van der Waals surface area contributed by atoms with Crippen molar-refractivity contribution in [2.75, 3.05) is 6.54 Å². The molecule has 2 amide bonds. The molecule has 0 saturated heterocycles. The molecule has 0 aliphatic heterocycles. The average molecular weight is 424 g/mol. The SMILES string of the molecule is CCCCN(NC(=O)c1cnccn1)[C@H](C(=O)NCc1ccccc1)C1CCCCC1. The maximum absolute atomic E-state index is 13.4. The zero-order valence-electron chi connectivity index (χ0n) is 18.3. The van der Waals surface area contributed by atoms with E-state index in [1.807, 2.05) is 35.3 Å². The largest absolute Gasteiger partial charge is 0.351 e. The van der Waals surface area contributed by atoms with Crippen LogP contribution in [0.15, 0.2) is 48.9 Å². The van der Waals surface area contributed by atoms with Gasteiger partial charge in [0, 0.05) is 25.5 Å². The lowest BCUT2D eigenvalue weighted by Gasteiger charge is -2.37. The topological polar surface area (TPSA) is 87.2 Å². The summed E-state index contributed by atoms with van der Waals surface area (Å²) in [7, 11) is 0. The highest BCUT2D eigenvalue weighted by Crippen LogP contribution is 2.29. The first-order valence-corrected chi connectivity index (χ1v) is 11.3. The van der Waals surface area contributed by atoms with Crippen LogP contribution in [0.5, 0.6) is 0 Å². The van der Waals surface area contributed by atoms with Crippen LogP contribution >= 0.6 is 0 Å². The van der Waals surface area contributed by atoms with Gasteiger partial charge in [0.2, 0.25) is 5.91 Å². The standard InChI is InChI=1S/C24H33N5O2/c1-2-3-16-29(28-23(30)21-18-25-14-15-26-21)22(20-12-8-5-9-13-20)24(31)27-17-19-10-6-4-7-11-19/h4,6-7,10-11,14-15,18,20,22H,2-3,5,8-9,12-13,16-17H2,1H3,(H,27,31)(H,28,30)/t22-/m0/s1. The van der Waals surface area contributed by atoms with Gasteiger partial charge in [-0.2, -0.15) is 0 Å². The molecule has 1 aliphatic rings. The van der Waals surface area contributed by atoms with Crippen molar-refractivity contribution >= 4 is 11.8 Å². The summed E-state index contributed by atoms with van der Waals surface area (Å²) in [6.45, 7) is 3.19. The number of nitrogens with zero attached hydrogens (tertiary/aromatic N) is 3. The molecule has 1 fully saturated rings. The van der Waals surface area contributed by atoms with Gasteiger partial charge in [0.25, 0.3) is 5.91 Å². The van der Waals surface area contributed by atoms with E-state index in [2.05, 4.69) is 27.6 Å². The van der Waals surface area contributed by atoms with E-state index in [4.69, 9.17) is 0 Å². The minimum Gasteiger partial charge on any atom is -0.351 e. The molecule has 7 heteroatoms. The Balaban J connectivity index is 1.78. The summed E-state index contributed by atoms with van der Waals surface area (Å²) < 4.78 is 0. The molecule has 1 aliphatic carbocycles. The number of hydrazine groups is 1. The van der Waals surface area contributed by atoms with E-state index < -0.39 is 6.04 Å². The quantitative estimate of drug-likeness (QED) is 0.571. The number of hydrogen-bond acceptors (Lipinski definition) is 5. The summed E-state index contributed by atoms with van der Waals surface area (Å²) in [4.78, 5) is 34.3. The average Bonchev–Trinajstić information content (AvgIpc) is 2.83. The van der Waals surface area contributed by atoms with Crippen molar-refractivity contribution in [3.63, 3.8) is 0 Å². The Morgan fingerprint density at radius 3 is 2.58 bits per heavy atom. The lowest BCUT2D eigenvalue weighted by atomic mass is 9.83. The highest BCUT2D eigenvalue weighted by molar-refractivity contribution is 5.92. The lowest BCUT2D eigenvalue weighted by molar-refractivity contribution is -0.130. The van der Waals surface area contributed by atoms with Crippen molar-refractivity contribution in [2.45, 2.75) is 64.5 Å². The molecule has 2 aromatic rings. The lowest BCUT2D eigenvalue weighted by Crippen LogP contribution is -2.58. The Labute approximate surface area is 184 Å². The van der Waals surface area contributed by atoms with Crippen LogP contribution < -0.4 is 10.7 Å². The molecular formula is C24H33N5O2. The molecule has 7 nitrogen and oxygen atoms in total. The number of amides is 2. The smallest absolute Gasteiger partial charge is 0.285 e. The third-order valence-corrected chi connectivity index (χ3v) is 5.80. The maximum Gasteiger partial charge on any atom is 0.285 e. The van der Waals surface area contributed by atoms with Gasteiger partial charge in [0.15, 0.2) is 0 Å². The number of carbonyl (C=O) groups excluding carboxylic acids is 2. The fourth-order valence-corrected chi connectivity index (χ4v) is 4.15. The zero-order valence-corrected chi connectivity index (χ0v) is 18.3. The fourth-order valence-electron chi connectivity index (χ4n) is 4.15. The molecule has 1 heterocycles. The van der Waals surface area contributed by atoms with Crippen LogP contribution in [0.1, 0.15) is 67.9 Å². The van der Waals surface area contributed by atoms with Crippen molar-refractivity contribution in [3.05, 3.63) is 60.2 Å². The van der Waals surface area contributed by atoms with Crippen molar-refractivity contribution in [2.24, 2.45) is 5.92 Å². The Morgan fingerprint density at radius 1 is 1.13 bits per heavy atom. The van der Waals surface area contributed by atoms with Gasteiger partial charge in [-0.25, -0.2) is 9.99 Å². The second kappa shape index (κ2) is 12.2. The molecule has 1 atom stereocenters.